The van der Waals surface area contributed by atoms with Crippen LogP contribution in [0.15, 0.2) is 24.3 Å². The molecule has 1 fully saturated rings. The molecule has 0 bridgehead atoms. The predicted molar refractivity (Wildman–Crippen MR) is 56.3 cm³/mol. The van der Waals surface area contributed by atoms with Crippen LogP contribution < -0.4 is 5.32 Å². The van der Waals surface area contributed by atoms with Gasteiger partial charge in [-0.2, -0.15) is 0 Å². The molecule has 0 unspecified atom stereocenters. The van der Waals surface area contributed by atoms with E-state index >= 15 is 0 Å². The number of nitrogens with one attached hydrogen (secondary N) is 1. The molecule has 2 N–H and O–H groups in total. The molecule has 1 aliphatic heterocycles. The molecule has 1 heterocycles. The van der Waals surface area contributed by atoms with Gasteiger partial charge < -0.3 is 15.2 Å². The van der Waals surface area contributed by atoms with Crippen LogP contribution in [0.3, 0.4) is 0 Å². The first-order valence-corrected chi connectivity index (χ1v) is 4.93. The van der Waals surface area contributed by atoms with Crippen molar-refractivity contribution in [3.8, 4) is 0 Å². The molecule has 0 radical (unpaired) electrons. The Morgan fingerprint density at radius 3 is 2.59 bits per heavy atom. The minimum absolute atomic E-state index is 0.0485. The van der Waals surface area contributed by atoms with Gasteiger partial charge in [0, 0.05) is 12.1 Å². The third-order valence-electron chi connectivity index (χ3n) is 2.52. The number of alkyl carbamates (subject to hydrolysis) is 1. The maximum Gasteiger partial charge on any atom is 0.407 e. The Morgan fingerprint density at radius 2 is 2.12 bits per heavy atom. The fraction of sp³-hybridized carbons (Fsp3) is 0.300. The van der Waals surface area contributed by atoms with E-state index in [1.807, 2.05) is 0 Å². The van der Waals surface area contributed by atoms with E-state index < -0.39 is 23.2 Å². The van der Waals surface area contributed by atoms with Crippen LogP contribution in [0, 0.1) is 10.1 Å². The lowest BCUT2D eigenvalue weighted by atomic mass is 10.0. The highest BCUT2D eigenvalue weighted by Crippen LogP contribution is 2.22. The summed E-state index contributed by atoms with van der Waals surface area (Å²) in [4.78, 5) is 20.7. The van der Waals surface area contributed by atoms with Crippen molar-refractivity contribution in [2.24, 2.45) is 0 Å². The van der Waals surface area contributed by atoms with Crippen LogP contribution in [-0.4, -0.2) is 28.8 Å². The number of nitrogens with zero attached hydrogens (tertiary/aromatic N) is 1. The number of aliphatic hydroxyl groups excluding tert-OH is 1. The molecule has 1 aliphatic rings. The zero-order chi connectivity index (χ0) is 12.4. The number of rotatable bonds is 3. The van der Waals surface area contributed by atoms with E-state index in [4.69, 9.17) is 0 Å². The molecule has 0 aliphatic carbocycles. The van der Waals surface area contributed by atoms with E-state index in [1.54, 1.807) is 0 Å². The average Bonchev–Trinajstić information content (AvgIpc) is 2.75. The summed E-state index contributed by atoms with van der Waals surface area (Å²) in [6.07, 6.45) is -1.52. The smallest absolute Gasteiger partial charge is 0.407 e. The number of ether oxygens (including phenoxy) is 1. The Balaban J connectivity index is 2.11. The molecule has 0 saturated carbocycles. The fourth-order valence-corrected chi connectivity index (χ4v) is 1.60. The molecule has 1 aromatic carbocycles. The Morgan fingerprint density at radius 1 is 1.47 bits per heavy atom. The minimum Gasteiger partial charge on any atom is -0.447 e. The highest BCUT2D eigenvalue weighted by Gasteiger charge is 2.30. The summed E-state index contributed by atoms with van der Waals surface area (Å²) in [5, 5.41) is 22.8. The van der Waals surface area contributed by atoms with Crippen molar-refractivity contribution in [2.45, 2.75) is 12.1 Å². The van der Waals surface area contributed by atoms with Gasteiger partial charge >= 0.3 is 6.09 Å². The molecule has 2 atom stereocenters. The average molecular weight is 238 g/mol. The number of aliphatic hydroxyl groups is 1. The number of carbonyl (C=O) groups is 1. The van der Waals surface area contributed by atoms with E-state index in [0.717, 1.165) is 0 Å². The van der Waals surface area contributed by atoms with E-state index in [9.17, 15) is 20.0 Å². The van der Waals surface area contributed by atoms with Crippen LogP contribution in [-0.2, 0) is 4.74 Å². The van der Waals surface area contributed by atoms with Crippen molar-refractivity contribution in [3.05, 3.63) is 39.9 Å². The van der Waals surface area contributed by atoms with Gasteiger partial charge in [0.1, 0.15) is 12.7 Å². The summed E-state index contributed by atoms with van der Waals surface area (Å²) in [7, 11) is 0. The first-order chi connectivity index (χ1) is 8.08. The number of cyclic esters (lactones) is 1. The SMILES string of the molecule is O=C1N[C@@H]([C@H](O)c2ccc([N+](=O)[O-])cc2)CO1. The normalized spacial score (nSPS) is 20.5. The molecular weight excluding hydrogens is 228 g/mol. The summed E-state index contributed by atoms with van der Waals surface area (Å²) in [5.41, 5.74) is 0.444. The monoisotopic (exact) mass is 238 g/mol. The second kappa shape index (κ2) is 4.38. The van der Waals surface area contributed by atoms with Crippen molar-refractivity contribution in [2.75, 3.05) is 6.61 Å². The van der Waals surface area contributed by atoms with Gasteiger partial charge in [-0.1, -0.05) is 0 Å². The highest BCUT2D eigenvalue weighted by molar-refractivity contribution is 5.69. The van der Waals surface area contributed by atoms with Gasteiger partial charge in [-0.05, 0) is 17.7 Å². The van der Waals surface area contributed by atoms with Gasteiger partial charge in [-0.15, -0.1) is 0 Å². The lowest BCUT2D eigenvalue weighted by Gasteiger charge is -2.15. The van der Waals surface area contributed by atoms with E-state index in [1.165, 1.54) is 24.3 Å². The number of carbonyl (C=O) groups excluding carboxylic acids is 1. The second-order valence-corrected chi connectivity index (χ2v) is 3.64. The summed E-state index contributed by atoms with van der Waals surface area (Å²) in [5.74, 6) is 0. The Hall–Kier alpha value is -2.15. The number of non-ortho nitro benzene ring substituents is 1. The third-order valence-corrected chi connectivity index (χ3v) is 2.52. The van der Waals surface area contributed by atoms with Gasteiger partial charge in [-0.3, -0.25) is 10.1 Å². The second-order valence-electron chi connectivity index (χ2n) is 3.64. The minimum atomic E-state index is -0.942. The number of benzene rings is 1. The van der Waals surface area contributed by atoms with E-state index in [-0.39, 0.29) is 12.3 Å². The maximum atomic E-state index is 10.8. The van der Waals surface area contributed by atoms with Gasteiger partial charge in [0.05, 0.1) is 11.0 Å². The highest BCUT2D eigenvalue weighted by atomic mass is 16.6. The van der Waals surface area contributed by atoms with Crippen molar-refractivity contribution < 1.29 is 19.6 Å². The number of nitro benzene ring substituents is 1. The quantitative estimate of drug-likeness (QED) is 0.597. The summed E-state index contributed by atoms with van der Waals surface area (Å²) < 4.78 is 4.65. The Bertz CT molecular complexity index is 445. The molecule has 17 heavy (non-hydrogen) atoms. The van der Waals surface area contributed by atoms with Gasteiger partial charge in [0.15, 0.2) is 0 Å². The van der Waals surface area contributed by atoms with Crippen LogP contribution in [0.4, 0.5) is 10.5 Å². The van der Waals surface area contributed by atoms with Crippen LogP contribution in [0.1, 0.15) is 11.7 Å². The van der Waals surface area contributed by atoms with Crippen molar-refractivity contribution >= 4 is 11.8 Å². The summed E-state index contributed by atoms with van der Waals surface area (Å²) in [6, 6.07) is 4.98. The molecule has 1 amide bonds. The molecule has 7 heteroatoms. The molecule has 0 spiro atoms. The number of hydrogen-bond acceptors (Lipinski definition) is 5. The lowest BCUT2D eigenvalue weighted by Crippen LogP contribution is -2.32. The Kier molecular flexibility index (Phi) is 2.92. The molecule has 90 valence electrons. The zero-order valence-electron chi connectivity index (χ0n) is 8.70. The first kappa shape index (κ1) is 11.3. The topological polar surface area (TPSA) is 102 Å². The first-order valence-electron chi connectivity index (χ1n) is 4.93. The van der Waals surface area contributed by atoms with Crippen LogP contribution >= 0.6 is 0 Å². The molecule has 1 aromatic rings. The van der Waals surface area contributed by atoms with E-state index in [0.29, 0.717) is 5.56 Å². The van der Waals surface area contributed by atoms with Gasteiger partial charge in [0.2, 0.25) is 0 Å². The van der Waals surface area contributed by atoms with Crippen LogP contribution in [0.2, 0.25) is 0 Å². The summed E-state index contributed by atoms with van der Waals surface area (Å²) in [6.45, 7) is 0.0803. The number of hydrogen-bond donors (Lipinski definition) is 2. The van der Waals surface area contributed by atoms with Gasteiger partial charge in [-0.25, -0.2) is 4.79 Å². The standard InChI is InChI=1S/C10H10N2O5/c13-9(8-5-17-10(14)11-8)6-1-3-7(4-2-6)12(15)16/h1-4,8-9,13H,5H2,(H,11,14)/t8-,9-/m1/s1. The Labute approximate surface area is 96.2 Å². The molecule has 2 rings (SSSR count). The molecular formula is C10H10N2O5. The van der Waals surface area contributed by atoms with Crippen LogP contribution in [0.5, 0.6) is 0 Å². The molecule has 7 nitrogen and oxygen atoms in total. The molecule has 1 saturated heterocycles. The zero-order valence-corrected chi connectivity index (χ0v) is 8.70. The van der Waals surface area contributed by atoms with Gasteiger partial charge in [0.25, 0.3) is 5.69 Å². The van der Waals surface area contributed by atoms with Crippen LogP contribution in [0.25, 0.3) is 0 Å². The maximum absolute atomic E-state index is 10.8. The van der Waals surface area contributed by atoms with Crippen molar-refractivity contribution in [3.63, 3.8) is 0 Å². The summed E-state index contributed by atoms with van der Waals surface area (Å²) >= 11 is 0. The third kappa shape index (κ3) is 2.34. The largest absolute Gasteiger partial charge is 0.447 e. The van der Waals surface area contributed by atoms with Crippen molar-refractivity contribution in [1.29, 1.82) is 0 Å². The molecule has 0 aromatic heterocycles. The van der Waals surface area contributed by atoms with E-state index in [2.05, 4.69) is 10.1 Å². The number of nitro groups is 1. The fourth-order valence-electron chi connectivity index (χ4n) is 1.60. The lowest BCUT2D eigenvalue weighted by molar-refractivity contribution is -0.384. The number of amides is 1. The predicted octanol–water partition coefficient (Wildman–Crippen LogP) is 0.737. The van der Waals surface area contributed by atoms with Crippen molar-refractivity contribution in [1.82, 2.24) is 5.32 Å².